The van der Waals surface area contributed by atoms with Crippen LogP contribution in [0, 0.1) is 0 Å². The maximum Gasteiger partial charge on any atom is 0.396 e. The standard InChI is InChI=1S/C10H8O4S/c11-6-4-8-7(14-9(12)15-8)3-5(6)10(13)1-2-10/h3-4,11,13H,1-2H2. The van der Waals surface area contributed by atoms with Crippen LogP contribution < -0.4 is 4.94 Å². The first-order chi connectivity index (χ1) is 7.08. The Hall–Kier alpha value is -1.33. The Morgan fingerprint density at radius 2 is 2.13 bits per heavy atom. The van der Waals surface area contributed by atoms with Crippen LogP contribution in [0.1, 0.15) is 18.4 Å². The average Bonchev–Trinajstić information content (AvgIpc) is 2.78. The Morgan fingerprint density at radius 1 is 1.40 bits per heavy atom. The van der Waals surface area contributed by atoms with E-state index in [2.05, 4.69) is 0 Å². The van der Waals surface area contributed by atoms with E-state index in [0.717, 1.165) is 11.3 Å². The lowest BCUT2D eigenvalue weighted by Gasteiger charge is -2.09. The summed E-state index contributed by atoms with van der Waals surface area (Å²) < 4.78 is 5.53. The van der Waals surface area contributed by atoms with Crippen LogP contribution in [0.5, 0.6) is 5.75 Å². The van der Waals surface area contributed by atoms with E-state index in [1.165, 1.54) is 6.07 Å². The molecule has 0 unspecified atom stereocenters. The molecular weight excluding hydrogens is 216 g/mol. The van der Waals surface area contributed by atoms with Crippen LogP contribution in [0.4, 0.5) is 0 Å². The second-order valence-corrected chi connectivity index (χ2v) is 4.78. The van der Waals surface area contributed by atoms with Gasteiger partial charge in [0.25, 0.3) is 0 Å². The van der Waals surface area contributed by atoms with Crippen molar-refractivity contribution in [1.29, 1.82) is 0 Å². The molecule has 0 bridgehead atoms. The normalized spacial score (nSPS) is 18.2. The fourth-order valence-corrected chi connectivity index (χ4v) is 2.35. The maximum absolute atomic E-state index is 11.0. The molecule has 1 aromatic carbocycles. The summed E-state index contributed by atoms with van der Waals surface area (Å²) in [5.41, 5.74) is -0.0339. The topological polar surface area (TPSA) is 70.7 Å². The Labute approximate surface area is 88.4 Å². The van der Waals surface area contributed by atoms with E-state index in [4.69, 9.17) is 4.42 Å². The van der Waals surface area contributed by atoms with Gasteiger partial charge < -0.3 is 14.6 Å². The van der Waals surface area contributed by atoms with Gasteiger partial charge in [-0.05, 0) is 18.9 Å². The molecule has 78 valence electrons. The number of phenolic OH excluding ortho intramolecular Hbond substituents is 1. The third kappa shape index (κ3) is 1.27. The van der Waals surface area contributed by atoms with Crippen LogP contribution in [0.25, 0.3) is 10.3 Å². The van der Waals surface area contributed by atoms with Gasteiger partial charge in [-0.2, -0.15) is 0 Å². The highest BCUT2D eigenvalue weighted by molar-refractivity contribution is 7.16. The minimum atomic E-state index is -0.918. The Bertz CT molecular complexity index is 591. The van der Waals surface area contributed by atoms with Crippen molar-refractivity contribution in [1.82, 2.24) is 0 Å². The summed E-state index contributed by atoms with van der Waals surface area (Å²) in [7, 11) is 0. The number of benzene rings is 1. The number of fused-ring (bicyclic) bond motifs is 1. The zero-order valence-corrected chi connectivity index (χ0v) is 8.50. The van der Waals surface area contributed by atoms with Crippen LogP contribution in [0.3, 0.4) is 0 Å². The largest absolute Gasteiger partial charge is 0.508 e. The van der Waals surface area contributed by atoms with Crippen LogP contribution in [0.2, 0.25) is 0 Å². The molecule has 0 spiro atoms. The molecule has 0 aliphatic heterocycles. The third-order valence-electron chi connectivity index (χ3n) is 2.67. The van der Waals surface area contributed by atoms with Crippen LogP contribution in [-0.2, 0) is 5.60 Å². The van der Waals surface area contributed by atoms with Gasteiger partial charge in [0.15, 0.2) is 0 Å². The fourth-order valence-electron chi connectivity index (χ4n) is 1.67. The first kappa shape index (κ1) is 8.94. The van der Waals surface area contributed by atoms with Crippen molar-refractivity contribution >= 4 is 21.6 Å². The van der Waals surface area contributed by atoms with Crippen LogP contribution in [-0.4, -0.2) is 10.2 Å². The molecule has 1 saturated carbocycles. The first-order valence-corrected chi connectivity index (χ1v) is 5.40. The summed E-state index contributed by atoms with van der Waals surface area (Å²) in [5, 5.41) is 19.6. The molecule has 4 nitrogen and oxygen atoms in total. The number of phenols is 1. The summed E-state index contributed by atoms with van der Waals surface area (Å²) in [4.78, 5) is 10.6. The zero-order valence-electron chi connectivity index (χ0n) is 7.69. The van der Waals surface area contributed by atoms with Gasteiger partial charge in [-0.3, -0.25) is 0 Å². The quantitative estimate of drug-likeness (QED) is 0.770. The molecule has 0 amide bonds. The van der Waals surface area contributed by atoms with Gasteiger partial charge in [0.05, 0.1) is 10.3 Å². The molecule has 0 saturated heterocycles. The predicted octanol–water partition coefficient (Wildman–Crippen LogP) is 1.54. The van der Waals surface area contributed by atoms with Crippen LogP contribution in [0.15, 0.2) is 21.3 Å². The highest BCUT2D eigenvalue weighted by Crippen LogP contribution is 2.49. The summed E-state index contributed by atoms with van der Waals surface area (Å²) in [6, 6.07) is 3.02. The van der Waals surface area contributed by atoms with E-state index in [1.807, 2.05) is 0 Å². The Morgan fingerprint density at radius 3 is 2.80 bits per heavy atom. The van der Waals surface area contributed by atoms with Gasteiger partial charge in [0.1, 0.15) is 11.3 Å². The van der Waals surface area contributed by atoms with Crippen molar-refractivity contribution in [3.8, 4) is 5.75 Å². The van der Waals surface area contributed by atoms with E-state index in [1.54, 1.807) is 6.07 Å². The lowest BCUT2D eigenvalue weighted by atomic mass is 10.1. The zero-order chi connectivity index (χ0) is 10.6. The summed E-state index contributed by atoms with van der Waals surface area (Å²) >= 11 is 0.942. The molecule has 1 heterocycles. The maximum atomic E-state index is 11.0. The van der Waals surface area contributed by atoms with Crippen molar-refractivity contribution in [2.24, 2.45) is 0 Å². The van der Waals surface area contributed by atoms with E-state index in [-0.39, 0.29) is 5.75 Å². The van der Waals surface area contributed by atoms with Gasteiger partial charge in [0, 0.05) is 11.6 Å². The van der Waals surface area contributed by atoms with Gasteiger partial charge in [-0.25, -0.2) is 4.79 Å². The minimum Gasteiger partial charge on any atom is -0.508 e. The molecule has 0 atom stereocenters. The fraction of sp³-hybridized carbons (Fsp3) is 0.300. The number of hydrogen-bond donors (Lipinski definition) is 2. The molecule has 5 heteroatoms. The van der Waals surface area contributed by atoms with E-state index >= 15 is 0 Å². The van der Waals surface area contributed by atoms with Crippen molar-refractivity contribution < 1.29 is 14.6 Å². The van der Waals surface area contributed by atoms with Crippen molar-refractivity contribution in [2.75, 3.05) is 0 Å². The summed E-state index contributed by atoms with van der Waals surface area (Å²) in [5.74, 6) is 0.0274. The molecule has 2 N–H and O–H groups in total. The molecule has 1 aliphatic rings. The molecule has 1 aromatic heterocycles. The predicted molar refractivity (Wildman–Crippen MR) is 55.2 cm³/mol. The smallest absolute Gasteiger partial charge is 0.396 e. The average molecular weight is 224 g/mol. The van der Waals surface area contributed by atoms with E-state index in [0.29, 0.717) is 28.7 Å². The lowest BCUT2D eigenvalue weighted by molar-refractivity contribution is 0.148. The summed E-state index contributed by atoms with van der Waals surface area (Å²) in [6.07, 6.45) is 1.28. The highest BCUT2D eigenvalue weighted by Gasteiger charge is 2.44. The molecule has 1 aliphatic carbocycles. The van der Waals surface area contributed by atoms with E-state index in [9.17, 15) is 15.0 Å². The van der Waals surface area contributed by atoms with Crippen molar-refractivity contribution in [3.63, 3.8) is 0 Å². The highest BCUT2D eigenvalue weighted by atomic mass is 32.1. The summed E-state index contributed by atoms with van der Waals surface area (Å²) in [6.45, 7) is 0. The van der Waals surface area contributed by atoms with Crippen molar-refractivity contribution in [2.45, 2.75) is 18.4 Å². The minimum absolute atomic E-state index is 0.0274. The first-order valence-electron chi connectivity index (χ1n) is 4.58. The SMILES string of the molecule is O=c1oc2cc(C3(O)CC3)c(O)cc2s1. The molecule has 2 aromatic rings. The van der Waals surface area contributed by atoms with Gasteiger partial charge in [0.2, 0.25) is 0 Å². The molecule has 15 heavy (non-hydrogen) atoms. The third-order valence-corrected chi connectivity index (χ3v) is 3.46. The van der Waals surface area contributed by atoms with Gasteiger partial charge in [-0.15, -0.1) is 0 Å². The molecule has 0 radical (unpaired) electrons. The Balaban J connectivity index is 2.31. The van der Waals surface area contributed by atoms with Gasteiger partial charge >= 0.3 is 4.94 Å². The van der Waals surface area contributed by atoms with Crippen LogP contribution >= 0.6 is 11.3 Å². The lowest BCUT2D eigenvalue weighted by Crippen LogP contribution is -2.03. The molecule has 1 fully saturated rings. The molecule has 3 rings (SSSR count). The number of hydrogen-bond acceptors (Lipinski definition) is 5. The number of aliphatic hydroxyl groups is 1. The molecular formula is C10H8O4S. The second-order valence-electron chi connectivity index (χ2n) is 3.80. The Kier molecular flexibility index (Phi) is 1.56. The monoisotopic (exact) mass is 224 g/mol. The van der Waals surface area contributed by atoms with Gasteiger partial charge in [-0.1, -0.05) is 11.3 Å². The second kappa shape index (κ2) is 2.62. The van der Waals surface area contributed by atoms with Crippen molar-refractivity contribution in [3.05, 3.63) is 27.4 Å². The van der Waals surface area contributed by atoms with E-state index < -0.39 is 10.5 Å². The number of aromatic hydroxyl groups is 1. The number of rotatable bonds is 1.